The summed E-state index contributed by atoms with van der Waals surface area (Å²) in [6, 6.07) is 17.8. The summed E-state index contributed by atoms with van der Waals surface area (Å²) in [5.41, 5.74) is 1.88. The van der Waals surface area contributed by atoms with Crippen molar-refractivity contribution in [1.29, 1.82) is 0 Å². The van der Waals surface area contributed by atoms with E-state index in [0.29, 0.717) is 45.0 Å². The normalized spacial score (nSPS) is 21.2. The second kappa shape index (κ2) is 11.8. The van der Waals surface area contributed by atoms with E-state index in [1.54, 1.807) is 54.6 Å². The van der Waals surface area contributed by atoms with Gasteiger partial charge in [0.25, 0.3) is 11.8 Å². The van der Waals surface area contributed by atoms with E-state index >= 15 is 0 Å². The predicted octanol–water partition coefficient (Wildman–Crippen LogP) is 5.25. The van der Waals surface area contributed by atoms with E-state index < -0.39 is 10.8 Å². The van der Waals surface area contributed by atoms with Crippen LogP contribution in [-0.2, 0) is 17.3 Å². The minimum absolute atomic E-state index is 0.148. The monoisotopic (exact) mass is 547 g/mol. The Morgan fingerprint density at radius 2 is 1.72 bits per heavy atom. The minimum atomic E-state index is -1.61. The molecule has 6 nitrogen and oxygen atoms in total. The molecule has 3 aromatic rings. The first kappa shape index (κ1) is 27.2. The van der Waals surface area contributed by atoms with Crippen LogP contribution in [0.1, 0.15) is 53.0 Å². The SMILES string of the molecule is C[C@@H]1C[C@@H](C)CN(CCCNC(=O)c2ccc3c(c2)N(Cc2ccc(F)cc2)C(=O)c2ccccc2[S@@]3=O)C1. The van der Waals surface area contributed by atoms with Crippen molar-refractivity contribution >= 4 is 28.3 Å². The summed E-state index contributed by atoms with van der Waals surface area (Å²) in [5, 5.41) is 3.01. The lowest BCUT2D eigenvalue weighted by molar-refractivity contribution is 0.0944. The molecule has 1 N–H and O–H groups in total. The van der Waals surface area contributed by atoms with E-state index in [1.807, 2.05) is 0 Å². The van der Waals surface area contributed by atoms with Crippen LogP contribution in [0.5, 0.6) is 0 Å². The molecule has 0 aromatic heterocycles. The molecule has 3 atom stereocenters. The van der Waals surface area contributed by atoms with Gasteiger partial charge in [0.15, 0.2) is 0 Å². The van der Waals surface area contributed by atoms with Gasteiger partial charge in [-0.25, -0.2) is 8.60 Å². The van der Waals surface area contributed by atoms with Crippen molar-refractivity contribution in [2.45, 2.75) is 43.0 Å². The molecule has 8 heteroatoms. The van der Waals surface area contributed by atoms with Crippen LogP contribution in [0.3, 0.4) is 0 Å². The number of rotatable bonds is 7. The van der Waals surface area contributed by atoms with Crippen LogP contribution in [0.4, 0.5) is 10.1 Å². The molecule has 1 fully saturated rings. The predicted molar refractivity (Wildman–Crippen MR) is 151 cm³/mol. The van der Waals surface area contributed by atoms with Gasteiger partial charge in [-0.1, -0.05) is 38.1 Å². The highest BCUT2D eigenvalue weighted by molar-refractivity contribution is 7.85. The maximum absolute atomic E-state index is 13.7. The average Bonchev–Trinajstić information content (AvgIpc) is 3.01. The van der Waals surface area contributed by atoms with Gasteiger partial charge in [0, 0.05) is 25.2 Å². The molecule has 0 bridgehead atoms. The number of nitrogens with one attached hydrogen (secondary N) is 1. The Morgan fingerprint density at radius 1 is 1.00 bits per heavy atom. The molecular formula is C31H34FN3O3S. The van der Waals surface area contributed by atoms with Crippen LogP contribution >= 0.6 is 0 Å². The first-order valence-corrected chi connectivity index (χ1v) is 14.7. The Balaban J connectivity index is 1.36. The molecule has 0 saturated carbocycles. The lowest BCUT2D eigenvalue weighted by atomic mass is 9.92. The Morgan fingerprint density at radius 3 is 2.46 bits per heavy atom. The first-order valence-electron chi connectivity index (χ1n) is 13.5. The van der Waals surface area contributed by atoms with Crippen molar-refractivity contribution in [3.63, 3.8) is 0 Å². The third-order valence-electron chi connectivity index (χ3n) is 7.41. The molecule has 5 rings (SSSR count). The fourth-order valence-corrected chi connectivity index (χ4v) is 7.06. The van der Waals surface area contributed by atoms with Crippen LogP contribution in [0.2, 0.25) is 0 Å². The number of likely N-dealkylation sites (tertiary alicyclic amines) is 1. The van der Waals surface area contributed by atoms with Crippen molar-refractivity contribution in [3.8, 4) is 0 Å². The number of halogens is 1. The lowest BCUT2D eigenvalue weighted by Crippen LogP contribution is -2.40. The summed E-state index contributed by atoms with van der Waals surface area (Å²) in [7, 11) is -1.61. The van der Waals surface area contributed by atoms with Crippen LogP contribution < -0.4 is 10.2 Å². The number of nitrogens with zero attached hydrogens (tertiary/aromatic N) is 2. The number of carbonyl (C=O) groups is 2. The van der Waals surface area contributed by atoms with Gasteiger partial charge in [0.2, 0.25) is 0 Å². The van der Waals surface area contributed by atoms with Crippen molar-refractivity contribution in [2.75, 3.05) is 31.1 Å². The average molecular weight is 548 g/mol. The number of fused-ring (bicyclic) bond motifs is 2. The molecule has 2 heterocycles. The van der Waals surface area contributed by atoms with E-state index in [4.69, 9.17) is 0 Å². The Labute approximate surface area is 231 Å². The highest BCUT2D eigenvalue weighted by Gasteiger charge is 2.31. The van der Waals surface area contributed by atoms with Gasteiger partial charge in [-0.05, 0) is 79.3 Å². The standard InChI is InChI=1S/C31H34FN3O3S/c1-21-16-22(2)19-34(18-21)15-5-14-33-30(36)24-10-13-29-27(17-24)35(20-23-8-11-25(32)12-9-23)31(37)26-6-3-4-7-28(26)39(29)38/h3-4,6-13,17,21-22H,5,14-16,18-20H2,1-2H3,(H,33,36)/t21-,22-,39+/m1/s1. The molecule has 0 radical (unpaired) electrons. The molecular weight excluding hydrogens is 513 g/mol. The second-order valence-corrected chi connectivity index (χ2v) is 12.2. The smallest absolute Gasteiger partial charge is 0.259 e. The fraction of sp³-hybridized carbons (Fsp3) is 0.355. The van der Waals surface area contributed by atoms with Gasteiger partial charge in [0.05, 0.1) is 38.4 Å². The Bertz CT molecular complexity index is 1380. The zero-order valence-corrected chi connectivity index (χ0v) is 23.2. The van der Waals surface area contributed by atoms with Gasteiger partial charge in [-0.3, -0.25) is 9.59 Å². The third-order valence-corrected chi connectivity index (χ3v) is 8.91. The van der Waals surface area contributed by atoms with Gasteiger partial charge < -0.3 is 15.1 Å². The van der Waals surface area contributed by atoms with E-state index in [9.17, 15) is 18.2 Å². The Hall–Kier alpha value is -3.36. The maximum atomic E-state index is 13.7. The van der Waals surface area contributed by atoms with Crippen molar-refractivity contribution < 1.29 is 18.2 Å². The molecule has 1 saturated heterocycles. The van der Waals surface area contributed by atoms with Crippen LogP contribution in [0.15, 0.2) is 76.5 Å². The number of amides is 2. The minimum Gasteiger partial charge on any atom is -0.352 e. The van der Waals surface area contributed by atoms with Gasteiger partial charge in [-0.15, -0.1) is 0 Å². The van der Waals surface area contributed by atoms with E-state index in [1.165, 1.54) is 23.5 Å². The van der Waals surface area contributed by atoms with Gasteiger partial charge in [0.1, 0.15) is 5.82 Å². The topological polar surface area (TPSA) is 69.7 Å². The molecule has 0 spiro atoms. The third kappa shape index (κ3) is 6.12. The quantitative estimate of drug-likeness (QED) is 0.410. The molecule has 0 unspecified atom stereocenters. The summed E-state index contributed by atoms with van der Waals surface area (Å²) in [4.78, 5) is 31.7. The number of hydrogen-bond donors (Lipinski definition) is 1. The van der Waals surface area contributed by atoms with E-state index in [-0.39, 0.29) is 24.2 Å². The lowest BCUT2D eigenvalue weighted by Gasteiger charge is -2.34. The zero-order chi connectivity index (χ0) is 27.5. The summed E-state index contributed by atoms with van der Waals surface area (Å²) in [5.74, 6) is 0.473. The molecule has 3 aromatic carbocycles. The molecule has 204 valence electrons. The van der Waals surface area contributed by atoms with Crippen LogP contribution in [0.25, 0.3) is 0 Å². The summed E-state index contributed by atoms with van der Waals surface area (Å²) < 4.78 is 27.1. The number of benzene rings is 3. The molecule has 2 amide bonds. The van der Waals surface area contributed by atoms with Crippen molar-refractivity contribution in [1.82, 2.24) is 10.2 Å². The summed E-state index contributed by atoms with van der Waals surface area (Å²) in [6.07, 6.45) is 2.12. The summed E-state index contributed by atoms with van der Waals surface area (Å²) >= 11 is 0. The highest BCUT2D eigenvalue weighted by Crippen LogP contribution is 2.36. The number of piperidine rings is 1. The second-order valence-electron chi connectivity index (χ2n) is 10.8. The van der Waals surface area contributed by atoms with Gasteiger partial charge >= 0.3 is 0 Å². The van der Waals surface area contributed by atoms with Crippen molar-refractivity contribution in [2.24, 2.45) is 11.8 Å². The van der Waals surface area contributed by atoms with E-state index in [2.05, 4.69) is 24.1 Å². The molecule has 39 heavy (non-hydrogen) atoms. The number of carbonyl (C=O) groups excluding carboxylic acids is 2. The molecule has 2 aliphatic heterocycles. The summed E-state index contributed by atoms with van der Waals surface area (Å²) in [6.45, 7) is 8.41. The molecule has 0 aliphatic carbocycles. The largest absolute Gasteiger partial charge is 0.352 e. The highest BCUT2D eigenvalue weighted by atomic mass is 32.2. The van der Waals surface area contributed by atoms with Crippen LogP contribution in [-0.4, -0.2) is 47.1 Å². The fourth-order valence-electron chi connectivity index (χ4n) is 5.72. The number of anilines is 1. The maximum Gasteiger partial charge on any atom is 0.259 e. The van der Waals surface area contributed by atoms with E-state index in [0.717, 1.165) is 31.6 Å². The van der Waals surface area contributed by atoms with Gasteiger partial charge in [-0.2, -0.15) is 0 Å². The number of hydrogen-bond acceptors (Lipinski definition) is 4. The van der Waals surface area contributed by atoms with Crippen molar-refractivity contribution in [3.05, 3.63) is 89.2 Å². The van der Waals surface area contributed by atoms with Crippen LogP contribution in [0, 0.1) is 17.7 Å². The zero-order valence-electron chi connectivity index (χ0n) is 22.4. The molecule has 2 aliphatic rings. The Kier molecular flexibility index (Phi) is 8.23. The first-order chi connectivity index (χ1) is 18.8.